The highest BCUT2D eigenvalue weighted by molar-refractivity contribution is 5.84. The van der Waals surface area contributed by atoms with E-state index in [1.54, 1.807) is 0 Å². The molecule has 5 rings (SSSR count). The predicted molar refractivity (Wildman–Crippen MR) is 222 cm³/mol. The van der Waals surface area contributed by atoms with E-state index in [1.807, 2.05) is 6.92 Å². The van der Waals surface area contributed by atoms with Crippen LogP contribution in [0.15, 0.2) is 12.2 Å². The van der Waals surface area contributed by atoms with Crippen molar-refractivity contribution >= 4 is 17.7 Å². The summed E-state index contributed by atoms with van der Waals surface area (Å²) in [5.41, 5.74) is 1.82. The predicted octanol–water partition coefficient (Wildman–Crippen LogP) is 11.0. The van der Waals surface area contributed by atoms with Crippen LogP contribution in [-0.4, -0.2) is 55.8 Å². The number of esters is 1. The number of likely N-dealkylation sites (N-methyl/N-ethyl adjacent to an activating group) is 1. The average molecular weight is 751 g/mol. The van der Waals surface area contributed by atoms with Crippen molar-refractivity contribution < 1.29 is 19.1 Å². The summed E-state index contributed by atoms with van der Waals surface area (Å²) in [5.74, 6) is 3.40. The smallest absolute Gasteiger partial charge is 0.305 e. The summed E-state index contributed by atoms with van der Waals surface area (Å²) in [7, 11) is 1.46. The molecule has 0 aromatic heterocycles. The number of methoxy groups -OCH3 is 1. The fourth-order valence-corrected chi connectivity index (χ4v) is 15.0. The first-order valence-electron chi connectivity index (χ1n) is 22.8. The number of Topliss-reactive ketones (excluding diaryl/α,β-unsaturated/α-hetero) is 1. The molecule has 1 amide bonds. The maximum absolute atomic E-state index is 14.7. The van der Waals surface area contributed by atoms with E-state index >= 15 is 0 Å². The Morgan fingerprint density at radius 2 is 1.39 bits per heavy atom. The van der Waals surface area contributed by atoms with Crippen LogP contribution in [0.25, 0.3) is 0 Å². The highest BCUT2D eigenvalue weighted by Gasteiger charge is 2.72. The molecule has 0 aromatic carbocycles. The number of carbonyl (C=O) groups is 3. The molecule has 0 bridgehead atoms. The van der Waals surface area contributed by atoms with Crippen molar-refractivity contribution in [3.63, 3.8) is 0 Å². The number of fused-ring (bicyclic) bond motifs is 7. The lowest BCUT2D eigenvalue weighted by atomic mass is 9.31. The van der Waals surface area contributed by atoms with Crippen LogP contribution in [0.3, 0.4) is 0 Å². The van der Waals surface area contributed by atoms with E-state index in [0.717, 1.165) is 84.0 Å². The second kappa shape index (κ2) is 17.4. The average Bonchev–Trinajstić information content (AvgIpc) is 3.53. The standard InChI is InChI=1S/C48H82N2O4/c1-11-50(12-2)33-34(3)36-24-29-48(43(53)49-32-20-18-16-14-13-15-17-19-21-41(52)54-10)31-30-46(8)38(42(36)48)22-23-40-45(7)27-25-37(35(4)51)44(5,6)39(45)26-28-47(40,46)9/h36-40,42H,3,11-33H2,1-2,4-10H3,(H,49,53)/t36-,37+,38+,39-,40?,42+,45-,46+,47+,48-/m0/s1. The minimum atomic E-state index is -0.281. The molecule has 1 N–H and O–H groups in total. The number of amides is 1. The van der Waals surface area contributed by atoms with Crippen LogP contribution in [0, 0.1) is 62.6 Å². The van der Waals surface area contributed by atoms with Gasteiger partial charge in [0.15, 0.2) is 0 Å². The lowest BCUT2D eigenvalue weighted by molar-refractivity contribution is -0.240. The molecule has 5 saturated carbocycles. The van der Waals surface area contributed by atoms with E-state index in [0.29, 0.717) is 47.7 Å². The maximum atomic E-state index is 14.7. The minimum absolute atomic E-state index is 0.0449. The monoisotopic (exact) mass is 751 g/mol. The van der Waals surface area contributed by atoms with Crippen LogP contribution in [0.4, 0.5) is 0 Å². The van der Waals surface area contributed by atoms with Gasteiger partial charge in [0.2, 0.25) is 5.91 Å². The molecule has 6 heteroatoms. The summed E-state index contributed by atoms with van der Waals surface area (Å²) in [6, 6.07) is 0. The lowest BCUT2D eigenvalue weighted by Crippen LogP contribution is -2.67. The Balaban J connectivity index is 1.30. The van der Waals surface area contributed by atoms with E-state index in [9.17, 15) is 14.4 Å². The Kier molecular flexibility index (Phi) is 14.0. The zero-order chi connectivity index (χ0) is 39.5. The summed E-state index contributed by atoms with van der Waals surface area (Å²) in [4.78, 5) is 41.5. The molecule has 0 saturated heterocycles. The Morgan fingerprint density at radius 3 is 2.02 bits per heavy atom. The molecular weight excluding hydrogens is 669 g/mol. The Hall–Kier alpha value is -1.69. The van der Waals surface area contributed by atoms with Crippen molar-refractivity contribution in [3.8, 4) is 0 Å². The largest absolute Gasteiger partial charge is 0.469 e. The van der Waals surface area contributed by atoms with Crippen molar-refractivity contribution in [2.75, 3.05) is 33.3 Å². The Labute approximate surface area is 331 Å². The molecule has 6 nitrogen and oxygen atoms in total. The molecule has 0 aliphatic heterocycles. The molecule has 0 aromatic rings. The number of ether oxygens (including phenoxy) is 1. The van der Waals surface area contributed by atoms with Crippen LogP contribution in [0.2, 0.25) is 0 Å². The van der Waals surface area contributed by atoms with Crippen molar-refractivity contribution in [2.45, 2.75) is 177 Å². The van der Waals surface area contributed by atoms with Crippen molar-refractivity contribution in [3.05, 3.63) is 12.2 Å². The van der Waals surface area contributed by atoms with Crippen LogP contribution >= 0.6 is 0 Å². The molecule has 0 heterocycles. The summed E-state index contributed by atoms with van der Waals surface area (Å²) in [5, 5.41) is 3.56. The highest BCUT2D eigenvalue weighted by atomic mass is 16.5. The van der Waals surface area contributed by atoms with Gasteiger partial charge in [0.05, 0.1) is 12.5 Å². The highest BCUT2D eigenvalue weighted by Crippen LogP contribution is 2.78. The van der Waals surface area contributed by atoms with E-state index in [1.165, 1.54) is 70.5 Å². The quantitative estimate of drug-likeness (QED) is 0.0858. The number of carbonyl (C=O) groups excluding carboxylic acids is 3. The number of hydrogen-bond donors (Lipinski definition) is 1. The first-order valence-corrected chi connectivity index (χ1v) is 22.8. The third kappa shape index (κ3) is 7.79. The van der Waals surface area contributed by atoms with Gasteiger partial charge in [0.25, 0.3) is 0 Å². The molecule has 0 radical (unpaired) electrons. The van der Waals surface area contributed by atoms with Gasteiger partial charge in [-0.2, -0.15) is 0 Å². The Bertz CT molecular complexity index is 1340. The van der Waals surface area contributed by atoms with Gasteiger partial charge in [-0.1, -0.05) is 99.1 Å². The zero-order valence-corrected chi connectivity index (χ0v) is 36.5. The summed E-state index contributed by atoms with van der Waals surface area (Å²) in [6.45, 7) is 27.9. The molecule has 308 valence electrons. The summed E-state index contributed by atoms with van der Waals surface area (Å²) < 4.78 is 4.75. The van der Waals surface area contributed by atoms with Gasteiger partial charge in [0.1, 0.15) is 5.78 Å². The summed E-state index contributed by atoms with van der Waals surface area (Å²) in [6.07, 6.45) is 21.1. The Morgan fingerprint density at radius 1 is 0.741 bits per heavy atom. The number of nitrogens with zero attached hydrogens (tertiary/aromatic N) is 1. The normalized spacial score (nSPS) is 38.1. The number of ketones is 1. The van der Waals surface area contributed by atoms with E-state index in [2.05, 4.69) is 58.7 Å². The van der Waals surface area contributed by atoms with Gasteiger partial charge in [0, 0.05) is 25.4 Å². The number of rotatable bonds is 18. The molecule has 54 heavy (non-hydrogen) atoms. The third-order valence-corrected chi connectivity index (χ3v) is 18.1. The van der Waals surface area contributed by atoms with Crippen molar-refractivity contribution in [1.82, 2.24) is 10.2 Å². The molecule has 5 aliphatic carbocycles. The second-order valence-electron chi connectivity index (χ2n) is 20.5. The lowest BCUT2D eigenvalue weighted by Gasteiger charge is -2.73. The van der Waals surface area contributed by atoms with Gasteiger partial charge < -0.3 is 10.1 Å². The van der Waals surface area contributed by atoms with Gasteiger partial charge in [-0.25, -0.2) is 0 Å². The molecule has 0 spiro atoms. The first kappa shape index (κ1) is 43.4. The van der Waals surface area contributed by atoms with Gasteiger partial charge >= 0.3 is 5.97 Å². The van der Waals surface area contributed by atoms with Crippen LogP contribution < -0.4 is 5.32 Å². The molecule has 5 fully saturated rings. The van der Waals surface area contributed by atoms with Crippen LogP contribution in [0.1, 0.15) is 177 Å². The molecule has 5 aliphatic rings. The first-order chi connectivity index (χ1) is 25.6. The fraction of sp³-hybridized carbons (Fsp3) is 0.896. The van der Waals surface area contributed by atoms with Crippen LogP contribution in [0.5, 0.6) is 0 Å². The van der Waals surface area contributed by atoms with E-state index < -0.39 is 0 Å². The maximum Gasteiger partial charge on any atom is 0.305 e. The van der Waals surface area contributed by atoms with Gasteiger partial charge in [-0.05, 0) is 148 Å². The van der Waals surface area contributed by atoms with Crippen LogP contribution in [-0.2, 0) is 19.1 Å². The molecule has 1 unspecified atom stereocenters. The molecular formula is C48H82N2O4. The van der Waals surface area contributed by atoms with Gasteiger partial charge in [-0.3, -0.25) is 19.3 Å². The minimum Gasteiger partial charge on any atom is -0.469 e. The summed E-state index contributed by atoms with van der Waals surface area (Å²) >= 11 is 0. The van der Waals surface area contributed by atoms with E-state index in [-0.39, 0.29) is 39.0 Å². The second-order valence-corrected chi connectivity index (χ2v) is 20.5. The fourth-order valence-electron chi connectivity index (χ4n) is 15.0. The van der Waals surface area contributed by atoms with Gasteiger partial charge in [-0.15, -0.1) is 0 Å². The molecule has 10 atom stereocenters. The number of unbranched alkanes of at least 4 members (excludes halogenated alkanes) is 7. The third-order valence-electron chi connectivity index (χ3n) is 18.1. The van der Waals surface area contributed by atoms with Crippen molar-refractivity contribution in [1.29, 1.82) is 0 Å². The number of nitrogens with one attached hydrogen (secondary N) is 1. The van der Waals surface area contributed by atoms with E-state index in [4.69, 9.17) is 11.3 Å². The van der Waals surface area contributed by atoms with Crippen molar-refractivity contribution in [2.24, 2.45) is 62.6 Å². The topological polar surface area (TPSA) is 75.7 Å². The SMILES string of the molecule is C=C(CN(CC)CC)[C@@H]1CC[C@]2(C(=O)NCCCCCCCCCCC(=O)OC)CC[C@]3(C)[C@H](CCC4[C@@]5(C)CC[C@H](C(C)=O)C(C)(C)[C@@H]5CC[C@]43C)[C@@H]12. The number of hydrogen-bond acceptors (Lipinski definition) is 5. The zero-order valence-electron chi connectivity index (χ0n) is 36.5.